The number of aliphatic carboxylic acids is 1. The van der Waals surface area contributed by atoms with Gasteiger partial charge in [-0.2, -0.15) is 5.10 Å². The van der Waals surface area contributed by atoms with Gasteiger partial charge in [-0.15, -0.1) is 0 Å². The molecule has 6 nitrogen and oxygen atoms in total. The van der Waals surface area contributed by atoms with E-state index < -0.39 is 17.2 Å². The lowest BCUT2D eigenvalue weighted by molar-refractivity contribution is -0.183. The van der Waals surface area contributed by atoms with Crippen LogP contribution in [0.25, 0.3) is 5.65 Å². The first-order chi connectivity index (χ1) is 10.4. The molecule has 0 aliphatic heterocycles. The maximum absolute atomic E-state index is 11.9. The summed E-state index contributed by atoms with van der Waals surface area (Å²) in [5.74, 6) is -1.16. The molecule has 0 spiro atoms. The number of carboxylic acid groups (broad SMARTS) is 1. The summed E-state index contributed by atoms with van der Waals surface area (Å²) in [4.78, 5) is 16.3. The fraction of sp³-hybridized carbons (Fsp3) is 0.533. The Morgan fingerprint density at radius 1 is 1.17 bits per heavy atom. The third-order valence-electron chi connectivity index (χ3n) is 3.39. The van der Waals surface area contributed by atoms with E-state index in [1.165, 1.54) is 11.4 Å². The predicted octanol–water partition coefficient (Wildman–Crippen LogP) is 3.77. The van der Waals surface area contributed by atoms with Gasteiger partial charge in [-0.3, -0.25) is 0 Å². The smallest absolute Gasteiger partial charge is 0.340 e. The van der Waals surface area contributed by atoms with Crippen LogP contribution in [-0.4, -0.2) is 31.3 Å². The van der Waals surface area contributed by atoms with Crippen LogP contribution < -0.4 is 0 Å². The van der Waals surface area contributed by atoms with E-state index in [4.69, 9.17) is 27.9 Å². The van der Waals surface area contributed by atoms with Crippen LogP contribution in [0.4, 0.5) is 0 Å². The molecule has 0 saturated carbocycles. The summed E-state index contributed by atoms with van der Waals surface area (Å²) in [6.07, 6.45) is 0. The minimum absolute atomic E-state index is 0.122. The predicted molar refractivity (Wildman–Crippen MR) is 88.3 cm³/mol. The second-order valence-corrected chi connectivity index (χ2v) is 7.29. The summed E-state index contributed by atoms with van der Waals surface area (Å²) in [5.41, 5.74) is -0.736. The van der Waals surface area contributed by atoms with Crippen LogP contribution in [0.2, 0.25) is 10.2 Å². The minimum atomic E-state index is -1.67. The van der Waals surface area contributed by atoms with Crippen molar-refractivity contribution in [2.24, 2.45) is 0 Å². The highest BCUT2D eigenvalue weighted by Gasteiger charge is 2.44. The zero-order valence-electron chi connectivity index (χ0n) is 13.9. The van der Waals surface area contributed by atoms with Crippen molar-refractivity contribution in [3.05, 3.63) is 27.1 Å². The van der Waals surface area contributed by atoms with Gasteiger partial charge >= 0.3 is 5.97 Å². The fourth-order valence-corrected chi connectivity index (χ4v) is 3.15. The average Bonchev–Trinajstić information content (AvgIpc) is 2.64. The Morgan fingerprint density at radius 3 is 2.22 bits per heavy atom. The summed E-state index contributed by atoms with van der Waals surface area (Å²) >= 11 is 12.6. The molecule has 0 amide bonds. The Morgan fingerprint density at radius 2 is 1.74 bits per heavy atom. The summed E-state index contributed by atoms with van der Waals surface area (Å²) < 4.78 is 7.16. The maximum atomic E-state index is 11.9. The second kappa shape index (κ2) is 5.61. The first-order valence-corrected chi connectivity index (χ1v) is 7.79. The van der Waals surface area contributed by atoms with E-state index in [9.17, 15) is 9.90 Å². The van der Waals surface area contributed by atoms with Crippen molar-refractivity contribution >= 4 is 34.8 Å². The molecule has 1 atom stereocenters. The molecular weight excluding hydrogens is 341 g/mol. The van der Waals surface area contributed by atoms with Crippen LogP contribution in [0.1, 0.15) is 44.6 Å². The van der Waals surface area contributed by atoms with E-state index in [0.717, 1.165) is 0 Å². The second-order valence-electron chi connectivity index (χ2n) is 6.55. The van der Waals surface area contributed by atoms with Crippen molar-refractivity contribution in [3.63, 3.8) is 0 Å². The molecule has 0 radical (unpaired) electrons. The molecule has 0 fully saturated rings. The summed E-state index contributed by atoms with van der Waals surface area (Å²) in [6.45, 7) is 10.2. The van der Waals surface area contributed by atoms with Crippen LogP contribution in [0.15, 0.2) is 0 Å². The van der Waals surface area contributed by atoms with E-state index in [1.54, 1.807) is 34.6 Å². The minimum Gasteiger partial charge on any atom is -0.479 e. The fourth-order valence-electron chi connectivity index (χ4n) is 2.56. The zero-order valence-corrected chi connectivity index (χ0v) is 15.4. The highest BCUT2D eigenvalue weighted by molar-refractivity contribution is 6.35. The Kier molecular flexibility index (Phi) is 4.39. The lowest BCUT2D eigenvalue weighted by Gasteiger charge is -2.34. The van der Waals surface area contributed by atoms with Crippen LogP contribution in [0, 0.1) is 13.8 Å². The molecule has 2 aromatic heterocycles. The van der Waals surface area contributed by atoms with Gasteiger partial charge in [-0.25, -0.2) is 14.3 Å². The lowest BCUT2D eigenvalue weighted by atomic mass is 9.94. The third kappa shape index (κ3) is 3.03. The summed E-state index contributed by atoms with van der Waals surface area (Å²) in [6, 6.07) is 0. The van der Waals surface area contributed by atoms with Crippen molar-refractivity contribution < 1.29 is 14.6 Å². The summed E-state index contributed by atoms with van der Waals surface area (Å²) in [7, 11) is 0. The van der Waals surface area contributed by atoms with Gasteiger partial charge in [-0.05, 0) is 41.5 Å². The summed E-state index contributed by atoms with van der Waals surface area (Å²) in [5, 5.41) is 14.5. The molecule has 0 bridgehead atoms. The number of hydrogen-bond donors (Lipinski definition) is 1. The van der Waals surface area contributed by atoms with E-state index in [1.807, 2.05) is 0 Å². The molecule has 1 unspecified atom stereocenters. The van der Waals surface area contributed by atoms with E-state index >= 15 is 0 Å². The SMILES string of the molecule is Cc1nc2c(Cl)c(C)nn2c(Cl)c1C(C)(OC(C)(C)C)C(=O)O. The van der Waals surface area contributed by atoms with Gasteiger partial charge in [-0.1, -0.05) is 23.2 Å². The molecular formula is C15H19Cl2N3O3. The van der Waals surface area contributed by atoms with Crippen molar-refractivity contribution in [3.8, 4) is 0 Å². The van der Waals surface area contributed by atoms with E-state index in [0.29, 0.717) is 22.1 Å². The van der Waals surface area contributed by atoms with Crippen LogP contribution in [0.5, 0.6) is 0 Å². The van der Waals surface area contributed by atoms with Gasteiger partial charge in [0.25, 0.3) is 0 Å². The molecule has 0 aliphatic carbocycles. The monoisotopic (exact) mass is 359 g/mol. The van der Waals surface area contributed by atoms with Crippen molar-refractivity contribution in [1.82, 2.24) is 14.6 Å². The van der Waals surface area contributed by atoms with Crippen molar-refractivity contribution in [1.29, 1.82) is 0 Å². The molecule has 0 saturated heterocycles. The number of carbonyl (C=O) groups is 1. The topological polar surface area (TPSA) is 76.7 Å². The first kappa shape index (κ1) is 18.0. The van der Waals surface area contributed by atoms with Gasteiger partial charge in [0.1, 0.15) is 10.2 Å². The average molecular weight is 360 g/mol. The van der Waals surface area contributed by atoms with Crippen molar-refractivity contribution in [2.45, 2.75) is 52.7 Å². The van der Waals surface area contributed by atoms with Gasteiger partial charge in [0.15, 0.2) is 11.2 Å². The molecule has 2 heterocycles. The third-order valence-corrected chi connectivity index (χ3v) is 4.18. The number of hydrogen-bond acceptors (Lipinski definition) is 4. The largest absolute Gasteiger partial charge is 0.479 e. The molecule has 1 N–H and O–H groups in total. The molecule has 8 heteroatoms. The lowest BCUT2D eigenvalue weighted by Crippen LogP contribution is -2.43. The number of aryl methyl sites for hydroxylation is 2. The number of rotatable bonds is 3. The quantitative estimate of drug-likeness (QED) is 0.844. The molecule has 2 aromatic rings. The van der Waals surface area contributed by atoms with Gasteiger partial charge in [0, 0.05) is 5.69 Å². The number of fused-ring (bicyclic) bond motifs is 1. The first-order valence-electron chi connectivity index (χ1n) is 7.03. The molecule has 126 valence electrons. The molecule has 2 rings (SSSR count). The van der Waals surface area contributed by atoms with Gasteiger partial charge in [0.05, 0.1) is 16.9 Å². The molecule has 0 aliphatic rings. The highest BCUT2D eigenvalue weighted by atomic mass is 35.5. The van der Waals surface area contributed by atoms with Crippen molar-refractivity contribution in [2.75, 3.05) is 0 Å². The standard InChI is InChI=1S/C15H19Cl2N3O3/c1-7-9(15(6,13(21)22)23-14(3,4)5)11(17)20-12(18-7)10(16)8(2)19-20/h1-6H3,(H,21,22). The number of halogens is 2. The number of aromatic nitrogens is 3. The van der Waals surface area contributed by atoms with Gasteiger partial charge in [0.2, 0.25) is 0 Å². The Balaban J connectivity index is 2.81. The molecule has 0 aromatic carbocycles. The number of carboxylic acids is 1. The zero-order chi connectivity index (χ0) is 17.7. The maximum Gasteiger partial charge on any atom is 0.340 e. The molecule has 23 heavy (non-hydrogen) atoms. The Hall–Kier alpha value is -1.37. The van der Waals surface area contributed by atoms with Gasteiger partial charge < -0.3 is 9.84 Å². The Labute approximate surface area is 144 Å². The van der Waals surface area contributed by atoms with Crippen LogP contribution >= 0.6 is 23.2 Å². The van der Waals surface area contributed by atoms with Crippen LogP contribution in [-0.2, 0) is 15.1 Å². The van der Waals surface area contributed by atoms with E-state index in [2.05, 4.69) is 10.1 Å². The normalized spacial score (nSPS) is 15.0. The number of ether oxygens (including phenoxy) is 1. The van der Waals surface area contributed by atoms with Crippen LogP contribution in [0.3, 0.4) is 0 Å². The van der Waals surface area contributed by atoms with E-state index in [-0.39, 0.29) is 10.7 Å². The number of nitrogens with zero attached hydrogens (tertiary/aromatic N) is 3. The Bertz CT molecular complexity index is 796. The highest BCUT2D eigenvalue weighted by Crippen LogP contribution is 2.38.